The lowest BCUT2D eigenvalue weighted by molar-refractivity contribution is -0.383. The summed E-state index contributed by atoms with van der Waals surface area (Å²) in [5, 5.41) is 12.2. The van der Waals surface area contributed by atoms with Crippen LogP contribution in [0.4, 0.5) is 11.4 Å². The first-order valence-electron chi connectivity index (χ1n) is 4.22. The van der Waals surface area contributed by atoms with E-state index in [0.717, 1.165) is 9.86 Å². The number of hydrogen-bond donors (Lipinski definition) is 1. The lowest BCUT2D eigenvalue weighted by Crippen LogP contribution is -1.96. The lowest BCUT2D eigenvalue weighted by atomic mass is 10.1. The maximum Gasteiger partial charge on any atom is 0.292 e. The summed E-state index contributed by atoms with van der Waals surface area (Å²) in [6.07, 6.45) is 0. The third-order valence-corrected chi connectivity index (χ3v) is 2.92. The zero-order valence-corrected chi connectivity index (χ0v) is 9.19. The van der Waals surface area contributed by atoms with E-state index in [0.29, 0.717) is 5.39 Å². The standard InChI is InChI=1S/C10H7BrN2O2/c11-8-3-1-2-7-6(8)4-5-9(10(7)12)13(14)15/h1-5H,12H2. The molecule has 2 rings (SSSR count). The van der Waals surface area contributed by atoms with E-state index >= 15 is 0 Å². The molecule has 0 radical (unpaired) electrons. The van der Waals surface area contributed by atoms with Gasteiger partial charge in [0.2, 0.25) is 0 Å². The van der Waals surface area contributed by atoms with Crippen molar-refractivity contribution in [3.8, 4) is 0 Å². The molecule has 0 atom stereocenters. The Morgan fingerprint density at radius 2 is 1.93 bits per heavy atom. The van der Waals surface area contributed by atoms with Crippen LogP contribution in [0.1, 0.15) is 0 Å². The number of nitrogens with zero attached hydrogens (tertiary/aromatic N) is 1. The van der Waals surface area contributed by atoms with Gasteiger partial charge in [-0.25, -0.2) is 0 Å². The number of halogens is 1. The molecule has 4 nitrogen and oxygen atoms in total. The molecular weight excluding hydrogens is 260 g/mol. The average Bonchev–Trinajstić information content (AvgIpc) is 2.19. The van der Waals surface area contributed by atoms with Crippen molar-refractivity contribution >= 4 is 38.1 Å². The second-order valence-electron chi connectivity index (χ2n) is 3.09. The second kappa shape index (κ2) is 3.51. The molecule has 0 bridgehead atoms. The van der Waals surface area contributed by atoms with Crippen LogP contribution >= 0.6 is 15.9 Å². The Balaban J connectivity index is 2.86. The quantitative estimate of drug-likeness (QED) is 0.490. The van der Waals surface area contributed by atoms with E-state index in [1.807, 2.05) is 6.07 Å². The molecule has 15 heavy (non-hydrogen) atoms. The molecule has 2 aromatic rings. The number of fused-ring (bicyclic) bond motifs is 1. The van der Waals surface area contributed by atoms with Crippen LogP contribution in [0.3, 0.4) is 0 Å². The van der Waals surface area contributed by atoms with Gasteiger partial charge in [-0.15, -0.1) is 0 Å². The summed E-state index contributed by atoms with van der Waals surface area (Å²) in [7, 11) is 0. The largest absolute Gasteiger partial charge is 0.393 e. The van der Waals surface area contributed by atoms with Crippen LogP contribution in [0.5, 0.6) is 0 Å². The van der Waals surface area contributed by atoms with E-state index in [1.54, 1.807) is 18.2 Å². The molecule has 76 valence electrons. The van der Waals surface area contributed by atoms with Crippen LogP contribution in [-0.4, -0.2) is 4.92 Å². The summed E-state index contributed by atoms with van der Waals surface area (Å²) >= 11 is 3.37. The number of rotatable bonds is 1. The predicted octanol–water partition coefficient (Wildman–Crippen LogP) is 3.09. The van der Waals surface area contributed by atoms with Gasteiger partial charge in [0.15, 0.2) is 0 Å². The summed E-state index contributed by atoms with van der Waals surface area (Å²) in [5.41, 5.74) is 5.88. The maximum absolute atomic E-state index is 10.7. The van der Waals surface area contributed by atoms with Crippen LogP contribution in [0.2, 0.25) is 0 Å². The zero-order chi connectivity index (χ0) is 11.0. The molecule has 0 fully saturated rings. The Morgan fingerprint density at radius 3 is 2.60 bits per heavy atom. The molecule has 0 aromatic heterocycles. The first-order chi connectivity index (χ1) is 7.11. The number of hydrogen-bond acceptors (Lipinski definition) is 3. The van der Waals surface area contributed by atoms with Crippen molar-refractivity contribution in [2.75, 3.05) is 5.73 Å². The first kappa shape index (κ1) is 9.92. The summed E-state index contributed by atoms with van der Waals surface area (Å²) in [5.74, 6) is 0. The Hall–Kier alpha value is -1.62. The van der Waals surface area contributed by atoms with E-state index in [2.05, 4.69) is 15.9 Å². The topological polar surface area (TPSA) is 69.2 Å². The number of nitrogens with two attached hydrogens (primary N) is 1. The van der Waals surface area contributed by atoms with Crippen molar-refractivity contribution in [1.82, 2.24) is 0 Å². The molecule has 2 N–H and O–H groups in total. The average molecular weight is 267 g/mol. The highest BCUT2D eigenvalue weighted by Gasteiger charge is 2.14. The minimum Gasteiger partial charge on any atom is -0.393 e. The maximum atomic E-state index is 10.7. The molecule has 0 spiro atoms. The van der Waals surface area contributed by atoms with Gasteiger partial charge in [-0.1, -0.05) is 28.1 Å². The molecule has 0 aliphatic heterocycles. The highest BCUT2D eigenvalue weighted by molar-refractivity contribution is 9.10. The highest BCUT2D eigenvalue weighted by Crippen LogP contribution is 2.33. The van der Waals surface area contributed by atoms with Gasteiger partial charge >= 0.3 is 0 Å². The van der Waals surface area contributed by atoms with Crippen LogP contribution < -0.4 is 5.73 Å². The lowest BCUT2D eigenvalue weighted by Gasteiger charge is -2.04. The Kier molecular flexibility index (Phi) is 2.32. The van der Waals surface area contributed by atoms with Crippen molar-refractivity contribution < 1.29 is 4.92 Å². The molecular formula is C10H7BrN2O2. The van der Waals surface area contributed by atoms with Crippen LogP contribution in [0, 0.1) is 10.1 Å². The van der Waals surface area contributed by atoms with E-state index in [4.69, 9.17) is 5.73 Å². The molecule has 0 saturated heterocycles. The number of anilines is 1. The zero-order valence-electron chi connectivity index (χ0n) is 7.61. The van der Waals surface area contributed by atoms with Gasteiger partial charge in [0, 0.05) is 15.9 Å². The molecule has 2 aromatic carbocycles. The van der Waals surface area contributed by atoms with Crippen LogP contribution in [0.15, 0.2) is 34.8 Å². The van der Waals surface area contributed by atoms with Gasteiger partial charge in [-0.05, 0) is 17.5 Å². The minimum atomic E-state index is -0.477. The van der Waals surface area contributed by atoms with Crippen molar-refractivity contribution in [3.05, 3.63) is 44.9 Å². The van der Waals surface area contributed by atoms with Gasteiger partial charge in [-0.3, -0.25) is 10.1 Å². The molecule has 5 heteroatoms. The first-order valence-corrected chi connectivity index (χ1v) is 5.01. The number of nitrogen functional groups attached to an aromatic ring is 1. The van der Waals surface area contributed by atoms with Crippen LogP contribution in [0.25, 0.3) is 10.8 Å². The van der Waals surface area contributed by atoms with Gasteiger partial charge < -0.3 is 5.73 Å². The van der Waals surface area contributed by atoms with Crippen molar-refractivity contribution in [1.29, 1.82) is 0 Å². The minimum absolute atomic E-state index is 0.0550. The number of nitro groups is 1. The monoisotopic (exact) mass is 266 g/mol. The summed E-state index contributed by atoms with van der Waals surface area (Å²) in [6, 6.07) is 8.54. The Morgan fingerprint density at radius 1 is 1.20 bits per heavy atom. The summed E-state index contributed by atoms with van der Waals surface area (Å²) in [6.45, 7) is 0. The van der Waals surface area contributed by atoms with E-state index < -0.39 is 4.92 Å². The fourth-order valence-corrected chi connectivity index (χ4v) is 1.99. The second-order valence-corrected chi connectivity index (χ2v) is 3.94. The normalized spacial score (nSPS) is 10.5. The van der Waals surface area contributed by atoms with E-state index in [-0.39, 0.29) is 11.4 Å². The molecule has 0 amide bonds. The smallest absolute Gasteiger partial charge is 0.292 e. The van der Waals surface area contributed by atoms with Gasteiger partial charge in [-0.2, -0.15) is 0 Å². The van der Waals surface area contributed by atoms with Crippen molar-refractivity contribution in [2.24, 2.45) is 0 Å². The SMILES string of the molecule is Nc1c([N+](=O)[O-])ccc2c(Br)cccc12. The van der Waals surface area contributed by atoms with Gasteiger partial charge in [0.05, 0.1) is 4.92 Å². The van der Waals surface area contributed by atoms with E-state index in [9.17, 15) is 10.1 Å². The van der Waals surface area contributed by atoms with Crippen molar-refractivity contribution in [2.45, 2.75) is 0 Å². The third kappa shape index (κ3) is 1.55. The van der Waals surface area contributed by atoms with Crippen LogP contribution in [-0.2, 0) is 0 Å². The Labute approximate surface area is 94.0 Å². The van der Waals surface area contributed by atoms with Gasteiger partial charge in [0.1, 0.15) is 5.69 Å². The predicted molar refractivity (Wildman–Crippen MR) is 62.7 cm³/mol. The molecule has 0 saturated carbocycles. The fraction of sp³-hybridized carbons (Fsp3) is 0. The third-order valence-electron chi connectivity index (χ3n) is 2.22. The summed E-state index contributed by atoms with van der Waals surface area (Å²) < 4.78 is 0.876. The fourth-order valence-electron chi connectivity index (χ4n) is 1.49. The number of benzene rings is 2. The molecule has 0 aliphatic carbocycles. The Bertz CT molecular complexity index is 554. The van der Waals surface area contributed by atoms with Crippen molar-refractivity contribution in [3.63, 3.8) is 0 Å². The van der Waals surface area contributed by atoms with E-state index in [1.165, 1.54) is 6.07 Å². The summed E-state index contributed by atoms with van der Waals surface area (Å²) in [4.78, 5) is 10.2. The molecule has 0 unspecified atom stereocenters. The molecule has 0 aliphatic rings. The molecule has 0 heterocycles. The number of nitro benzene ring substituents is 1. The van der Waals surface area contributed by atoms with Gasteiger partial charge in [0.25, 0.3) is 5.69 Å². The highest BCUT2D eigenvalue weighted by atomic mass is 79.9.